The van der Waals surface area contributed by atoms with Crippen LogP contribution >= 0.6 is 22.9 Å². The number of aromatic nitrogens is 3. The van der Waals surface area contributed by atoms with Crippen LogP contribution < -0.4 is 25.8 Å². The summed E-state index contributed by atoms with van der Waals surface area (Å²) in [5.41, 5.74) is -2.55. The van der Waals surface area contributed by atoms with Crippen molar-refractivity contribution >= 4 is 80.6 Å². The predicted octanol–water partition coefficient (Wildman–Crippen LogP) is 4.92. The topological polar surface area (TPSA) is 173 Å². The Morgan fingerprint density at radius 3 is 2.47 bits per heavy atom. The largest absolute Gasteiger partial charge is 0.366 e. The van der Waals surface area contributed by atoms with Gasteiger partial charge in [-0.2, -0.15) is 0 Å². The Hall–Kier alpha value is -5.59. The average molecular weight is 841 g/mol. The Morgan fingerprint density at radius 1 is 1.00 bits per heavy atom. The van der Waals surface area contributed by atoms with Gasteiger partial charge in [0.2, 0.25) is 11.8 Å². The number of rotatable bonds is 9. The minimum atomic E-state index is -3.67. The molecule has 0 aliphatic carbocycles. The van der Waals surface area contributed by atoms with Crippen molar-refractivity contribution in [3.05, 3.63) is 80.6 Å². The number of thiazole rings is 1. The number of hydrogen-bond acceptors (Lipinski definition) is 13. The molecule has 3 N–H and O–H groups in total. The fourth-order valence-corrected chi connectivity index (χ4v) is 8.10. The Balaban J connectivity index is 0.973. The standard InChI is InChI=1S/C39H39ClF2N10O5S/c1-20-4-3-5-23(40)34(20)48-36(55)27-18-43-39(58-27)46-28-17-29(45-21(2)44-28)51-10-8-22(9-11-51)19-49-12-14-50(15-13-49)26-16-24(41)31-32(33(26)42)38(57)52(37(31)56)25-6-7-30(53)47-35(25)54/h3-5,16-18,22,25H,6-15,19H2,1-2H3,(H,48,55)(H,47,53,54)(H,43,44,45,46)/i12D2,13D2,14D2,15D2. The molecule has 15 nitrogen and oxygen atoms in total. The Bertz CT molecular complexity index is 2680. The van der Waals surface area contributed by atoms with E-state index in [4.69, 9.17) is 22.6 Å². The van der Waals surface area contributed by atoms with Crippen LogP contribution in [-0.4, -0.2) is 106 Å². The second-order valence-corrected chi connectivity index (χ2v) is 15.3. The van der Waals surface area contributed by atoms with E-state index in [-0.39, 0.29) is 41.5 Å². The van der Waals surface area contributed by atoms with Crippen LogP contribution in [0.4, 0.5) is 36.9 Å². The SMILES string of the molecule is [2H]C1([2H])N(CC2CCN(c3cc(Nc4ncc(C(=O)Nc5c(C)cccc5Cl)s4)nc(C)n3)CC2)C([2H])([2H])C([2H])([2H])N(c2cc(F)c3c(c2F)C(=O)N(C2CCC(=O)NC2=O)C3=O)C1([2H])[2H]. The average Bonchev–Trinajstić information content (AvgIpc) is 3.81. The maximum atomic E-state index is 16.6. The van der Waals surface area contributed by atoms with Gasteiger partial charge in [-0.05, 0) is 50.7 Å². The van der Waals surface area contributed by atoms with E-state index in [1.807, 2.05) is 23.2 Å². The number of nitrogens with zero attached hydrogens (tertiary/aromatic N) is 7. The highest BCUT2D eigenvalue weighted by Crippen LogP contribution is 2.37. The van der Waals surface area contributed by atoms with E-state index in [1.54, 1.807) is 25.1 Å². The highest BCUT2D eigenvalue weighted by Gasteiger charge is 2.48. The van der Waals surface area contributed by atoms with E-state index < -0.39 is 102 Å². The van der Waals surface area contributed by atoms with Crippen LogP contribution in [0.1, 0.15) is 78.4 Å². The van der Waals surface area contributed by atoms with Crippen molar-refractivity contribution in [3.8, 4) is 0 Å². The van der Waals surface area contributed by atoms with Crippen molar-refractivity contribution < 1.29 is 43.7 Å². The minimum absolute atomic E-state index is 0.188. The van der Waals surface area contributed by atoms with Crippen LogP contribution in [0.3, 0.4) is 0 Å². The van der Waals surface area contributed by atoms with E-state index >= 15 is 8.78 Å². The van der Waals surface area contributed by atoms with E-state index in [1.165, 1.54) is 6.20 Å². The number of piperidine rings is 2. The second-order valence-electron chi connectivity index (χ2n) is 13.9. The number of amides is 5. The van der Waals surface area contributed by atoms with Gasteiger partial charge in [0.25, 0.3) is 17.7 Å². The van der Waals surface area contributed by atoms with Crippen LogP contribution in [0.25, 0.3) is 0 Å². The summed E-state index contributed by atoms with van der Waals surface area (Å²) in [5, 5.41) is 8.60. The van der Waals surface area contributed by atoms with Crippen LogP contribution in [0.5, 0.6) is 0 Å². The first-order valence-electron chi connectivity index (χ1n) is 22.1. The summed E-state index contributed by atoms with van der Waals surface area (Å²) in [7, 11) is 0. The first-order valence-corrected chi connectivity index (χ1v) is 19.3. The molecule has 1 atom stereocenters. The van der Waals surface area contributed by atoms with Gasteiger partial charge in [-0.1, -0.05) is 35.1 Å². The zero-order valence-electron chi connectivity index (χ0n) is 38.8. The van der Waals surface area contributed by atoms with Gasteiger partial charge in [0.05, 0.1) is 39.2 Å². The monoisotopic (exact) mass is 840 g/mol. The number of halogens is 3. The highest BCUT2D eigenvalue weighted by molar-refractivity contribution is 7.17. The lowest BCUT2D eigenvalue weighted by Gasteiger charge is -2.40. The molecule has 0 radical (unpaired) electrons. The van der Waals surface area contributed by atoms with Gasteiger partial charge in [-0.3, -0.25) is 39.1 Å². The quantitative estimate of drug-likeness (QED) is 0.195. The number of anilines is 5. The van der Waals surface area contributed by atoms with Crippen LogP contribution in [-0.2, 0) is 9.59 Å². The molecule has 3 fully saturated rings. The van der Waals surface area contributed by atoms with Crippen LogP contribution in [0.15, 0.2) is 36.5 Å². The lowest BCUT2D eigenvalue weighted by Crippen LogP contribution is -2.54. The zero-order chi connectivity index (χ0) is 48.0. The minimum Gasteiger partial charge on any atom is -0.366 e. The number of imide groups is 2. The molecule has 0 bridgehead atoms. The molecule has 2 aromatic carbocycles. The van der Waals surface area contributed by atoms with Crippen molar-refractivity contribution in [2.24, 2.45) is 5.92 Å². The molecule has 0 saturated carbocycles. The maximum Gasteiger partial charge on any atom is 0.267 e. The maximum absolute atomic E-state index is 16.6. The Morgan fingerprint density at radius 2 is 1.74 bits per heavy atom. The lowest BCUT2D eigenvalue weighted by molar-refractivity contribution is -0.136. The van der Waals surface area contributed by atoms with Crippen LogP contribution in [0.2, 0.25) is 5.02 Å². The summed E-state index contributed by atoms with van der Waals surface area (Å²) in [5.74, 6) is -7.92. The van der Waals surface area contributed by atoms with Gasteiger partial charge < -0.3 is 20.4 Å². The van der Waals surface area contributed by atoms with Crippen molar-refractivity contribution in [1.29, 1.82) is 0 Å². The number of benzene rings is 2. The third kappa shape index (κ3) is 7.70. The number of carbonyl (C=O) groups excluding carboxylic acids is 5. The predicted molar refractivity (Wildman–Crippen MR) is 213 cm³/mol. The van der Waals surface area contributed by atoms with Crippen molar-refractivity contribution in [2.75, 3.05) is 66.1 Å². The fraction of sp³-hybridized carbons (Fsp3) is 0.385. The molecule has 5 amide bonds. The van der Waals surface area contributed by atoms with Crippen molar-refractivity contribution in [1.82, 2.24) is 30.1 Å². The number of aryl methyl sites for hydroxylation is 2. The lowest BCUT2D eigenvalue weighted by atomic mass is 9.96. The normalized spacial score (nSPS) is 24.6. The molecule has 302 valence electrons. The van der Waals surface area contributed by atoms with Gasteiger partial charge >= 0.3 is 0 Å². The van der Waals surface area contributed by atoms with Crippen molar-refractivity contribution in [2.45, 2.75) is 45.6 Å². The number of para-hydroxylation sites is 1. The van der Waals surface area contributed by atoms with Crippen molar-refractivity contribution in [3.63, 3.8) is 0 Å². The molecule has 0 spiro atoms. The van der Waals surface area contributed by atoms with Crippen LogP contribution in [0, 0.1) is 31.4 Å². The molecule has 2 aromatic heterocycles. The van der Waals surface area contributed by atoms with Gasteiger partial charge in [-0.25, -0.2) is 23.7 Å². The molecule has 19 heteroatoms. The van der Waals surface area contributed by atoms with Gasteiger partial charge in [0.15, 0.2) is 10.9 Å². The smallest absolute Gasteiger partial charge is 0.267 e. The molecule has 1 unspecified atom stereocenters. The Kier molecular flexibility index (Phi) is 8.40. The second kappa shape index (κ2) is 16.0. The van der Waals surface area contributed by atoms with Gasteiger partial charge in [-0.15, -0.1) is 0 Å². The molecular formula is C39H39ClF2N10O5S. The van der Waals surface area contributed by atoms with Gasteiger partial charge in [0.1, 0.15) is 34.2 Å². The molecule has 4 aliphatic rings. The molecule has 8 rings (SSSR count). The molecule has 4 aromatic rings. The number of piperazine rings is 1. The summed E-state index contributed by atoms with van der Waals surface area (Å²) >= 11 is 7.35. The number of carbonyl (C=O) groups is 5. The summed E-state index contributed by atoms with van der Waals surface area (Å²) in [6.45, 7) is -10.7. The van der Waals surface area contributed by atoms with Gasteiger partial charge in [0, 0.05) is 69.7 Å². The number of nitrogens with one attached hydrogen (secondary N) is 3. The van der Waals surface area contributed by atoms with E-state index in [0.29, 0.717) is 56.2 Å². The molecule has 4 aliphatic heterocycles. The molecule has 3 saturated heterocycles. The molecule has 6 heterocycles. The molecular weight excluding hydrogens is 794 g/mol. The first-order chi connectivity index (χ1) is 30.9. The number of hydrogen-bond donors (Lipinski definition) is 3. The summed E-state index contributed by atoms with van der Waals surface area (Å²) in [4.78, 5) is 80.0. The molecule has 58 heavy (non-hydrogen) atoms. The van der Waals surface area contributed by atoms with E-state index in [0.717, 1.165) is 16.9 Å². The zero-order valence-corrected chi connectivity index (χ0v) is 32.4. The summed E-state index contributed by atoms with van der Waals surface area (Å²) in [6, 6.07) is 5.47. The van der Waals surface area contributed by atoms with E-state index in [9.17, 15) is 24.0 Å². The highest BCUT2D eigenvalue weighted by atomic mass is 35.5. The number of fused-ring (bicyclic) bond motifs is 1. The summed E-state index contributed by atoms with van der Waals surface area (Å²) < 4.78 is 104. The fourth-order valence-electron chi connectivity index (χ4n) is 7.11. The third-order valence-corrected chi connectivity index (χ3v) is 11.3. The third-order valence-electron chi connectivity index (χ3n) is 10.0. The van der Waals surface area contributed by atoms with E-state index in [2.05, 4.69) is 25.6 Å². The first kappa shape index (κ1) is 30.5. The Labute approximate surface area is 352 Å². The summed E-state index contributed by atoms with van der Waals surface area (Å²) in [6.07, 6.45) is 1.31.